The van der Waals surface area contributed by atoms with Crippen LogP contribution in [0.4, 0.5) is 5.69 Å². The summed E-state index contributed by atoms with van der Waals surface area (Å²) in [5, 5.41) is 4.27. The standard InChI is InChI=1S/C17H19ClN2/c1-17(2)9-7-15(12-5-3-4-6-13(12)17)20-16-11-19-10-8-14(16)18/h3-6,8,10-11,15,20H,7,9H2,1-2H3. The molecule has 0 saturated heterocycles. The maximum Gasteiger partial charge on any atom is 0.0720 e. The first-order chi connectivity index (χ1) is 9.58. The van der Waals surface area contributed by atoms with E-state index in [0.29, 0.717) is 6.04 Å². The van der Waals surface area contributed by atoms with Crippen molar-refractivity contribution in [3.8, 4) is 0 Å². The average Bonchev–Trinajstić information content (AvgIpc) is 2.44. The number of hydrogen-bond acceptors (Lipinski definition) is 2. The van der Waals surface area contributed by atoms with Gasteiger partial charge in [-0.05, 0) is 35.4 Å². The molecule has 1 N–H and O–H groups in total. The lowest BCUT2D eigenvalue weighted by molar-refractivity contribution is 0.406. The minimum Gasteiger partial charge on any atom is -0.376 e. The molecule has 1 aromatic carbocycles. The highest BCUT2D eigenvalue weighted by Gasteiger charge is 2.32. The SMILES string of the molecule is CC1(C)CCC(Nc2cnccc2Cl)c2ccccc21. The molecule has 3 rings (SSSR count). The number of hydrogen-bond donors (Lipinski definition) is 1. The van der Waals surface area contributed by atoms with Crippen molar-refractivity contribution in [1.29, 1.82) is 0 Å². The lowest BCUT2D eigenvalue weighted by Crippen LogP contribution is -2.29. The summed E-state index contributed by atoms with van der Waals surface area (Å²) in [5.41, 5.74) is 3.97. The van der Waals surface area contributed by atoms with Gasteiger partial charge < -0.3 is 5.32 Å². The van der Waals surface area contributed by atoms with E-state index in [0.717, 1.165) is 17.1 Å². The molecule has 104 valence electrons. The molecule has 1 heterocycles. The summed E-state index contributed by atoms with van der Waals surface area (Å²) < 4.78 is 0. The number of nitrogens with one attached hydrogen (secondary N) is 1. The first-order valence-corrected chi connectivity index (χ1v) is 7.41. The van der Waals surface area contributed by atoms with Gasteiger partial charge in [0.25, 0.3) is 0 Å². The molecule has 0 fully saturated rings. The summed E-state index contributed by atoms with van der Waals surface area (Å²) >= 11 is 6.22. The molecule has 0 aliphatic heterocycles. The summed E-state index contributed by atoms with van der Waals surface area (Å²) in [5.74, 6) is 0. The molecule has 3 heteroatoms. The van der Waals surface area contributed by atoms with Gasteiger partial charge >= 0.3 is 0 Å². The highest BCUT2D eigenvalue weighted by atomic mass is 35.5. The fraction of sp³-hybridized carbons (Fsp3) is 0.353. The van der Waals surface area contributed by atoms with E-state index in [1.54, 1.807) is 12.4 Å². The van der Waals surface area contributed by atoms with Gasteiger partial charge in [-0.2, -0.15) is 0 Å². The Morgan fingerprint density at radius 3 is 2.85 bits per heavy atom. The first kappa shape index (κ1) is 13.4. The van der Waals surface area contributed by atoms with Gasteiger partial charge in [0.05, 0.1) is 22.9 Å². The minimum atomic E-state index is 0.244. The largest absolute Gasteiger partial charge is 0.376 e. The summed E-state index contributed by atoms with van der Waals surface area (Å²) in [6, 6.07) is 10.8. The van der Waals surface area contributed by atoms with Crippen molar-refractivity contribution in [1.82, 2.24) is 4.98 Å². The Hall–Kier alpha value is -1.54. The molecule has 1 aromatic heterocycles. The molecule has 1 atom stereocenters. The molecular weight excluding hydrogens is 268 g/mol. The lowest BCUT2D eigenvalue weighted by atomic mass is 9.71. The molecule has 0 spiro atoms. The Bertz CT molecular complexity index is 622. The maximum absolute atomic E-state index is 6.22. The highest BCUT2D eigenvalue weighted by Crippen LogP contribution is 2.43. The van der Waals surface area contributed by atoms with Gasteiger partial charge in [-0.15, -0.1) is 0 Å². The predicted molar refractivity (Wildman–Crippen MR) is 84.3 cm³/mol. The van der Waals surface area contributed by atoms with Crippen LogP contribution in [0.25, 0.3) is 0 Å². The molecule has 1 aliphatic rings. The molecule has 2 nitrogen and oxygen atoms in total. The van der Waals surface area contributed by atoms with Crippen molar-refractivity contribution in [3.63, 3.8) is 0 Å². The molecular formula is C17H19ClN2. The van der Waals surface area contributed by atoms with E-state index in [2.05, 4.69) is 48.4 Å². The van der Waals surface area contributed by atoms with Crippen molar-refractivity contribution in [2.24, 2.45) is 0 Å². The van der Waals surface area contributed by atoms with Crippen LogP contribution in [0.3, 0.4) is 0 Å². The van der Waals surface area contributed by atoms with Crippen LogP contribution in [0.15, 0.2) is 42.7 Å². The fourth-order valence-corrected chi connectivity index (χ4v) is 3.19. The Balaban J connectivity index is 1.95. The highest BCUT2D eigenvalue weighted by molar-refractivity contribution is 6.33. The third-order valence-corrected chi connectivity index (χ3v) is 4.55. The van der Waals surface area contributed by atoms with E-state index in [-0.39, 0.29) is 5.41 Å². The fourth-order valence-electron chi connectivity index (χ4n) is 3.03. The summed E-state index contributed by atoms with van der Waals surface area (Å²) in [6.07, 6.45) is 5.78. The zero-order chi connectivity index (χ0) is 14.2. The second kappa shape index (κ2) is 5.10. The monoisotopic (exact) mass is 286 g/mol. The average molecular weight is 287 g/mol. The number of aromatic nitrogens is 1. The van der Waals surface area contributed by atoms with Crippen LogP contribution in [0, 0.1) is 0 Å². The van der Waals surface area contributed by atoms with E-state index in [1.165, 1.54) is 17.5 Å². The summed E-state index contributed by atoms with van der Waals surface area (Å²) in [6.45, 7) is 4.64. The zero-order valence-corrected chi connectivity index (χ0v) is 12.6. The molecule has 0 radical (unpaired) electrons. The van der Waals surface area contributed by atoms with Crippen molar-refractivity contribution in [2.75, 3.05) is 5.32 Å². The topological polar surface area (TPSA) is 24.9 Å². The van der Waals surface area contributed by atoms with Crippen molar-refractivity contribution in [2.45, 2.75) is 38.1 Å². The predicted octanol–water partition coefficient (Wildman–Crippen LogP) is 4.96. The Labute approximate surface area is 125 Å². The molecule has 1 unspecified atom stereocenters. The van der Waals surface area contributed by atoms with Crippen LogP contribution in [-0.2, 0) is 5.41 Å². The van der Waals surface area contributed by atoms with E-state index in [4.69, 9.17) is 11.6 Å². The van der Waals surface area contributed by atoms with Gasteiger partial charge in [0.2, 0.25) is 0 Å². The lowest BCUT2D eigenvalue weighted by Gasteiger charge is -2.37. The number of nitrogens with zero attached hydrogens (tertiary/aromatic N) is 1. The molecule has 0 amide bonds. The van der Waals surface area contributed by atoms with Crippen LogP contribution in [0.5, 0.6) is 0 Å². The van der Waals surface area contributed by atoms with E-state index in [1.807, 2.05) is 6.07 Å². The van der Waals surface area contributed by atoms with E-state index >= 15 is 0 Å². The van der Waals surface area contributed by atoms with Crippen molar-refractivity contribution >= 4 is 17.3 Å². The van der Waals surface area contributed by atoms with Gasteiger partial charge in [0, 0.05) is 6.20 Å². The Morgan fingerprint density at radius 2 is 2.05 bits per heavy atom. The number of pyridine rings is 1. The van der Waals surface area contributed by atoms with Gasteiger partial charge in [-0.25, -0.2) is 0 Å². The van der Waals surface area contributed by atoms with Gasteiger partial charge in [-0.3, -0.25) is 4.98 Å². The molecule has 0 bridgehead atoms. The number of benzene rings is 1. The second-order valence-electron chi connectivity index (χ2n) is 6.06. The smallest absolute Gasteiger partial charge is 0.0720 e. The zero-order valence-electron chi connectivity index (χ0n) is 11.9. The number of rotatable bonds is 2. The summed E-state index contributed by atoms with van der Waals surface area (Å²) in [4.78, 5) is 4.15. The van der Waals surface area contributed by atoms with Crippen LogP contribution in [0.2, 0.25) is 5.02 Å². The van der Waals surface area contributed by atoms with Crippen molar-refractivity contribution in [3.05, 3.63) is 58.9 Å². The normalized spacial score (nSPS) is 20.2. The molecule has 20 heavy (non-hydrogen) atoms. The maximum atomic E-state index is 6.22. The minimum absolute atomic E-state index is 0.244. The molecule has 2 aromatic rings. The summed E-state index contributed by atoms with van der Waals surface area (Å²) in [7, 11) is 0. The second-order valence-corrected chi connectivity index (χ2v) is 6.47. The quantitative estimate of drug-likeness (QED) is 0.844. The first-order valence-electron chi connectivity index (χ1n) is 7.03. The van der Waals surface area contributed by atoms with Gasteiger partial charge in [-0.1, -0.05) is 49.7 Å². The van der Waals surface area contributed by atoms with E-state index in [9.17, 15) is 0 Å². The van der Waals surface area contributed by atoms with Crippen LogP contribution in [0.1, 0.15) is 43.9 Å². The number of fused-ring (bicyclic) bond motifs is 1. The molecule has 1 aliphatic carbocycles. The van der Waals surface area contributed by atoms with Gasteiger partial charge in [0.1, 0.15) is 0 Å². The van der Waals surface area contributed by atoms with Crippen molar-refractivity contribution < 1.29 is 0 Å². The number of anilines is 1. The number of halogens is 1. The van der Waals surface area contributed by atoms with Crippen LogP contribution < -0.4 is 5.32 Å². The Kier molecular flexibility index (Phi) is 3.43. The molecule has 0 saturated carbocycles. The van der Waals surface area contributed by atoms with Crippen LogP contribution in [-0.4, -0.2) is 4.98 Å². The Morgan fingerprint density at radius 1 is 1.25 bits per heavy atom. The van der Waals surface area contributed by atoms with E-state index < -0.39 is 0 Å². The van der Waals surface area contributed by atoms with Gasteiger partial charge in [0.15, 0.2) is 0 Å². The third kappa shape index (κ3) is 2.40. The third-order valence-electron chi connectivity index (χ3n) is 4.22. The van der Waals surface area contributed by atoms with Crippen LogP contribution >= 0.6 is 11.6 Å².